The van der Waals surface area contributed by atoms with Gasteiger partial charge in [0.05, 0.1) is 5.33 Å². The van der Waals surface area contributed by atoms with Crippen LogP contribution in [0.3, 0.4) is 0 Å². The van der Waals surface area contributed by atoms with Gasteiger partial charge in [0.2, 0.25) is 11.0 Å². The lowest BCUT2D eigenvalue weighted by atomic mass is 10.2. The number of alkyl halides is 1. The van der Waals surface area contributed by atoms with Gasteiger partial charge in [-0.05, 0) is 12.1 Å². The summed E-state index contributed by atoms with van der Waals surface area (Å²) in [6.45, 7) is 0. The standard InChI is InChI=1S/C10H7BrClN3OS/c11-5-8(16)13-10-15-14-9(17-10)6-1-3-7(12)4-2-6/h1-4H,5H2,(H,13,15,16). The van der Waals surface area contributed by atoms with E-state index in [1.54, 1.807) is 12.1 Å². The topological polar surface area (TPSA) is 54.9 Å². The predicted octanol–water partition coefficient (Wildman–Crippen LogP) is 3.19. The van der Waals surface area contributed by atoms with Crippen molar-refractivity contribution in [3.05, 3.63) is 29.3 Å². The van der Waals surface area contributed by atoms with Crippen LogP contribution in [0.5, 0.6) is 0 Å². The van der Waals surface area contributed by atoms with Crippen LogP contribution in [0.4, 0.5) is 5.13 Å². The molecule has 1 amide bonds. The minimum absolute atomic E-state index is 0.149. The molecule has 0 fully saturated rings. The number of anilines is 1. The van der Waals surface area contributed by atoms with Gasteiger partial charge in [0, 0.05) is 10.6 Å². The quantitative estimate of drug-likeness (QED) is 0.878. The first kappa shape index (κ1) is 12.5. The Kier molecular flexibility index (Phi) is 4.09. The average Bonchev–Trinajstić information content (AvgIpc) is 2.78. The van der Waals surface area contributed by atoms with Gasteiger partial charge in [-0.15, -0.1) is 10.2 Å². The molecular weight excluding hydrogens is 326 g/mol. The molecule has 88 valence electrons. The molecule has 0 spiro atoms. The molecule has 0 saturated heterocycles. The third-order valence-electron chi connectivity index (χ3n) is 1.88. The summed E-state index contributed by atoms with van der Waals surface area (Å²) in [7, 11) is 0. The van der Waals surface area contributed by atoms with E-state index in [0.717, 1.165) is 10.6 Å². The van der Waals surface area contributed by atoms with Crippen LogP contribution in [-0.2, 0) is 4.79 Å². The van der Waals surface area contributed by atoms with Crippen molar-refractivity contribution in [3.8, 4) is 10.6 Å². The van der Waals surface area contributed by atoms with E-state index in [1.807, 2.05) is 12.1 Å². The molecule has 7 heteroatoms. The van der Waals surface area contributed by atoms with Gasteiger partial charge in [-0.3, -0.25) is 10.1 Å². The van der Waals surface area contributed by atoms with E-state index in [2.05, 4.69) is 31.4 Å². The first-order valence-corrected chi connectivity index (χ1v) is 6.96. The Balaban J connectivity index is 2.18. The molecule has 0 aliphatic rings. The molecule has 2 aromatic rings. The molecule has 2 rings (SSSR count). The van der Waals surface area contributed by atoms with Gasteiger partial charge >= 0.3 is 0 Å². The highest BCUT2D eigenvalue weighted by Crippen LogP contribution is 2.27. The Morgan fingerprint density at radius 1 is 1.35 bits per heavy atom. The Morgan fingerprint density at radius 2 is 2.06 bits per heavy atom. The maximum atomic E-state index is 11.1. The highest BCUT2D eigenvalue weighted by Gasteiger charge is 2.08. The molecule has 1 heterocycles. The highest BCUT2D eigenvalue weighted by atomic mass is 79.9. The third-order valence-corrected chi connectivity index (χ3v) is 3.53. The Morgan fingerprint density at radius 3 is 2.71 bits per heavy atom. The molecule has 0 aliphatic heterocycles. The number of carbonyl (C=O) groups excluding carboxylic acids is 1. The molecule has 17 heavy (non-hydrogen) atoms. The van der Waals surface area contributed by atoms with Crippen LogP contribution in [0.25, 0.3) is 10.6 Å². The third kappa shape index (κ3) is 3.24. The van der Waals surface area contributed by atoms with E-state index in [9.17, 15) is 4.79 Å². The first-order valence-electron chi connectivity index (χ1n) is 4.64. The van der Waals surface area contributed by atoms with Crippen LogP contribution in [0.15, 0.2) is 24.3 Å². The van der Waals surface area contributed by atoms with Gasteiger partial charge in [-0.2, -0.15) is 0 Å². The Hall–Kier alpha value is -0.980. The lowest BCUT2D eigenvalue weighted by Crippen LogP contribution is -2.11. The molecule has 0 bridgehead atoms. The second-order valence-corrected chi connectivity index (χ2v) is 5.08. The van der Waals surface area contributed by atoms with E-state index in [4.69, 9.17) is 11.6 Å². The fourth-order valence-electron chi connectivity index (χ4n) is 1.14. The summed E-state index contributed by atoms with van der Waals surface area (Å²) >= 11 is 10.2. The van der Waals surface area contributed by atoms with Crippen molar-refractivity contribution < 1.29 is 4.79 Å². The van der Waals surface area contributed by atoms with Gasteiger partial charge in [-0.25, -0.2) is 0 Å². The number of nitrogens with zero attached hydrogens (tertiary/aromatic N) is 2. The van der Waals surface area contributed by atoms with E-state index in [1.165, 1.54) is 11.3 Å². The van der Waals surface area contributed by atoms with Gasteiger partial charge in [0.15, 0.2) is 0 Å². The number of hydrogen-bond acceptors (Lipinski definition) is 4. The zero-order chi connectivity index (χ0) is 12.3. The summed E-state index contributed by atoms with van der Waals surface area (Å²) in [5.74, 6) is -0.149. The maximum absolute atomic E-state index is 11.1. The average molecular weight is 333 g/mol. The molecule has 0 unspecified atom stereocenters. The van der Waals surface area contributed by atoms with Crippen molar-refractivity contribution in [1.82, 2.24) is 10.2 Å². The lowest BCUT2D eigenvalue weighted by molar-refractivity contribution is -0.113. The van der Waals surface area contributed by atoms with Crippen molar-refractivity contribution in [3.63, 3.8) is 0 Å². The van der Waals surface area contributed by atoms with Crippen LogP contribution >= 0.6 is 38.9 Å². The normalized spacial score (nSPS) is 10.2. The number of nitrogens with one attached hydrogen (secondary N) is 1. The van der Waals surface area contributed by atoms with Crippen molar-refractivity contribution in [1.29, 1.82) is 0 Å². The van der Waals surface area contributed by atoms with Gasteiger partial charge in [0.25, 0.3) is 0 Å². The summed E-state index contributed by atoms with van der Waals surface area (Å²) in [5, 5.41) is 12.6. The number of carbonyl (C=O) groups is 1. The summed E-state index contributed by atoms with van der Waals surface area (Å²) in [6, 6.07) is 7.29. The largest absolute Gasteiger partial charge is 0.300 e. The van der Waals surface area contributed by atoms with E-state index < -0.39 is 0 Å². The summed E-state index contributed by atoms with van der Waals surface area (Å²) < 4.78 is 0. The van der Waals surface area contributed by atoms with E-state index in [-0.39, 0.29) is 11.2 Å². The number of hydrogen-bond donors (Lipinski definition) is 1. The molecule has 0 radical (unpaired) electrons. The van der Waals surface area contributed by atoms with E-state index in [0.29, 0.717) is 10.2 Å². The molecular formula is C10H7BrClN3OS. The van der Waals surface area contributed by atoms with Crippen LogP contribution in [0.2, 0.25) is 5.02 Å². The fourth-order valence-corrected chi connectivity index (χ4v) is 2.17. The minimum Gasteiger partial charge on any atom is -0.300 e. The number of rotatable bonds is 3. The monoisotopic (exact) mass is 331 g/mol. The zero-order valence-electron chi connectivity index (χ0n) is 8.48. The summed E-state index contributed by atoms with van der Waals surface area (Å²) in [6.07, 6.45) is 0. The number of aromatic nitrogens is 2. The predicted molar refractivity (Wildman–Crippen MR) is 72.8 cm³/mol. The second kappa shape index (κ2) is 5.57. The summed E-state index contributed by atoms with van der Waals surface area (Å²) in [4.78, 5) is 11.1. The van der Waals surface area contributed by atoms with Gasteiger partial charge in [-0.1, -0.05) is 51.0 Å². The van der Waals surface area contributed by atoms with Crippen LogP contribution in [-0.4, -0.2) is 21.4 Å². The van der Waals surface area contributed by atoms with Crippen LogP contribution < -0.4 is 5.32 Å². The zero-order valence-corrected chi connectivity index (χ0v) is 11.6. The SMILES string of the molecule is O=C(CBr)Nc1nnc(-c2ccc(Cl)cc2)s1. The first-order chi connectivity index (χ1) is 8.19. The molecule has 1 aromatic heterocycles. The second-order valence-electron chi connectivity index (χ2n) is 3.10. The van der Waals surface area contributed by atoms with Crippen LogP contribution in [0.1, 0.15) is 0 Å². The molecule has 0 atom stereocenters. The number of halogens is 2. The fraction of sp³-hybridized carbons (Fsp3) is 0.100. The molecule has 1 N–H and O–H groups in total. The molecule has 1 aromatic carbocycles. The summed E-state index contributed by atoms with van der Waals surface area (Å²) in [5.41, 5.74) is 0.922. The highest BCUT2D eigenvalue weighted by molar-refractivity contribution is 9.09. The number of amides is 1. The number of benzene rings is 1. The van der Waals surface area contributed by atoms with Gasteiger partial charge < -0.3 is 0 Å². The maximum Gasteiger partial charge on any atom is 0.236 e. The molecule has 0 aliphatic carbocycles. The van der Waals surface area contributed by atoms with Crippen molar-refractivity contribution in [2.24, 2.45) is 0 Å². The van der Waals surface area contributed by atoms with Crippen molar-refractivity contribution >= 4 is 49.9 Å². The molecule has 0 saturated carbocycles. The minimum atomic E-state index is -0.149. The van der Waals surface area contributed by atoms with Crippen LogP contribution in [0, 0.1) is 0 Å². The Bertz CT molecular complexity index is 529. The molecule has 4 nitrogen and oxygen atoms in total. The Labute approximate surface area is 115 Å². The lowest BCUT2D eigenvalue weighted by Gasteiger charge is -1.95. The van der Waals surface area contributed by atoms with E-state index >= 15 is 0 Å². The van der Waals surface area contributed by atoms with Gasteiger partial charge in [0.1, 0.15) is 5.01 Å². The van der Waals surface area contributed by atoms with Crippen molar-refractivity contribution in [2.75, 3.05) is 10.6 Å². The van der Waals surface area contributed by atoms with Crippen molar-refractivity contribution in [2.45, 2.75) is 0 Å². The smallest absolute Gasteiger partial charge is 0.236 e.